The molecule has 0 saturated heterocycles. The molecule has 0 aliphatic heterocycles. The second kappa shape index (κ2) is 9.60. The van der Waals surface area contributed by atoms with Crippen LogP contribution in [0.3, 0.4) is 0 Å². The highest BCUT2D eigenvalue weighted by Crippen LogP contribution is 2.28. The van der Waals surface area contributed by atoms with E-state index in [1.54, 1.807) is 0 Å². The van der Waals surface area contributed by atoms with Crippen LogP contribution in [0.15, 0.2) is 46.4 Å². The van der Waals surface area contributed by atoms with Crippen LogP contribution in [0.25, 0.3) is 5.69 Å². The van der Waals surface area contributed by atoms with Crippen LogP contribution in [-0.2, 0) is 24.2 Å². The largest absolute Gasteiger partial charge is 0.573 e. The predicted octanol–water partition coefficient (Wildman–Crippen LogP) is 2.78. The normalized spacial score (nSPS) is 12.9. The van der Waals surface area contributed by atoms with Gasteiger partial charge in [0.1, 0.15) is 11.4 Å². The minimum absolute atomic E-state index is 0.0866. The van der Waals surface area contributed by atoms with Crippen LogP contribution in [0.5, 0.6) is 5.75 Å². The number of fused-ring (bicyclic) bond motifs is 1. The SMILES string of the molecule is O=C(O)CCCn1cncc(Nc2nn(-c3ccc(OC(F)(F)F)cc3)c(=O)c3c2CCC3)c1=O. The van der Waals surface area contributed by atoms with E-state index in [2.05, 4.69) is 20.1 Å². The molecule has 2 heterocycles. The van der Waals surface area contributed by atoms with Gasteiger partial charge in [-0.05, 0) is 49.9 Å². The number of rotatable bonds is 8. The van der Waals surface area contributed by atoms with Crippen molar-refractivity contribution in [2.75, 3.05) is 5.32 Å². The molecule has 184 valence electrons. The van der Waals surface area contributed by atoms with Crippen LogP contribution < -0.4 is 21.2 Å². The van der Waals surface area contributed by atoms with Gasteiger partial charge in [0.05, 0.1) is 18.2 Å². The maximum absolute atomic E-state index is 13.0. The van der Waals surface area contributed by atoms with Crippen molar-refractivity contribution in [3.8, 4) is 11.4 Å². The molecule has 0 amide bonds. The smallest absolute Gasteiger partial charge is 0.481 e. The number of carboxylic acids is 1. The summed E-state index contributed by atoms with van der Waals surface area (Å²) in [6.07, 6.45) is -0.332. The van der Waals surface area contributed by atoms with Gasteiger partial charge in [0.25, 0.3) is 11.1 Å². The summed E-state index contributed by atoms with van der Waals surface area (Å²) in [4.78, 5) is 40.6. The number of hydrogen-bond donors (Lipinski definition) is 2. The first-order valence-corrected chi connectivity index (χ1v) is 10.7. The molecule has 1 aliphatic rings. The molecule has 2 N–H and O–H groups in total. The molecule has 4 rings (SSSR count). The van der Waals surface area contributed by atoms with Crippen molar-refractivity contribution < 1.29 is 27.8 Å². The highest BCUT2D eigenvalue weighted by atomic mass is 19.4. The van der Waals surface area contributed by atoms with E-state index >= 15 is 0 Å². The average molecular weight is 491 g/mol. The minimum atomic E-state index is -4.84. The molecule has 0 fully saturated rings. The maximum Gasteiger partial charge on any atom is 0.573 e. The van der Waals surface area contributed by atoms with Gasteiger partial charge in [-0.3, -0.25) is 19.0 Å². The quantitative estimate of drug-likeness (QED) is 0.492. The molecule has 0 bridgehead atoms. The van der Waals surface area contributed by atoms with E-state index in [0.29, 0.717) is 30.4 Å². The molecule has 2 aromatic heterocycles. The lowest BCUT2D eigenvalue weighted by molar-refractivity contribution is -0.274. The Labute approximate surface area is 195 Å². The standard InChI is InChI=1S/C22H20F3N5O5/c23-22(24,25)35-14-8-6-13(7-9-14)30-20(33)16-4-1-3-15(16)19(28-30)27-17-11-26-12-29(21(17)34)10-2-5-18(31)32/h6-9,11-12H,1-5,10H2,(H,27,28)(H,31,32). The van der Waals surface area contributed by atoms with Crippen molar-refractivity contribution in [1.82, 2.24) is 19.3 Å². The topological polar surface area (TPSA) is 128 Å². The fourth-order valence-corrected chi connectivity index (χ4v) is 3.86. The number of aliphatic carboxylic acids is 1. The second-order valence-electron chi connectivity index (χ2n) is 7.85. The van der Waals surface area contributed by atoms with Crippen LogP contribution in [0, 0.1) is 0 Å². The predicted molar refractivity (Wildman–Crippen MR) is 117 cm³/mol. The number of alkyl halides is 3. The molecule has 0 spiro atoms. The number of carbonyl (C=O) groups is 1. The molecule has 0 radical (unpaired) electrons. The summed E-state index contributed by atoms with van der Waals surface area (Å²) in [6, 6.07) is 4.71. The Balaban J connectivity index is 1.67. The number of benzene rings is 1. The van der Waals surface area contributed by atoms with E-state index < -0.39 is 29.2 Å². The molecule has 1 aromatic carbocycles. The first-order valence-electron chi connectivity index (χ1n) is 10.7. The zero-order valence-electron chi connectivity index (χ0n) is 18.2. The molecule has 1 aliphatic carbocycles. The summed E-state index contributed by atoms with van der Waals surface area (Å²) < 4.78 is 43.6. The third-order valence-electron chi connectivity index (χ3n) is 5.41. The Morgan fingerprint density at radius 1 is 1.11 bits per heavy atom. The van der Waals surface area contributed by atoms with Crippen LogP contribution in [0.1, 0.15) is 30.4 Å². The lowest BCUT2D eigenvalue weighted by Crippen LogP contribution is -2.28. The van der Waals surface area contributed by atoms with Crippen molar-refractivity contribution in [3.63, 3.8) is 0 Å². The van der Waals surface area contributed by atoms with Gasteiger partial charge in [0, 0.05) is 24.1 Å². The van der Waals surface area contributed by atoms with Crippen molar-refractivity contribution >= 4 is 17.5 Å². The molecular weight excluding hydrogens is 471 g/mol. The van der Waals surface area contributed by atoms with E-state index in [4.69, 9.17) is 5.11 Å². The van der Waals surface area contributed by atoms with Crippen LogP contribution >= 0.6 is 0 Å². The Morgan fingerprint density at radius 3 is 2.51 bits per heavy atom. The van der Waals surface area contributed by atoms with Gasteiger partial charge in [0.2, 0.25) is 0 Å². The van der Waals surface area contributed by atoms with E-state index in [1.165, 1.54) is 29.2 Å². The zero-order chi connectivity index (χ0) is 25.2. The Kier molecular flexibility index (Phi) is 6.58. The van der Waals surface area contributed by atoms with Crippen molar-refractivity contribution in [3.05, 3.63) is 68.6 Å². The van der Waals surface area contributed by atoms with Crippen molar-refractivity contribution in [1.29, 1.82) is 0 Å². The number of aryl methyl sites for hydroxylation is 1. The van der Waals surface area contributed by atoms with Crippen LogP contribution in [0.2, 0.25) is 0 Å². The minimum Gasteiger partial charge on any atom is -0.481 e. The molecule has 13 heteroatoms. The maximum atomic E-state index is 13.0. The summed E-state index contributed by atoms with van der Waals surface area (Å²) in [6.45, 7) is 0.158. The number of halogens is 3. The molecular formula is C22H20F3N5O5. The number of nitrogens with zero attached hydrogens (tertiary/aromatic N) is 4. The van der Waals surface area contributed by atoms with Gasteiger partial charge in [-0.25, -0.2) is 4.98 Å². The van der Waals surface area contributed by atoms with E-state index in [1.807, 2.05) is 0 Å². The summed E-state index contributed by atoms with van der Waals surface area (Å²) >= 11 is 0. The fraction of sp³-hybridized carbons (Fsp3) is 0.318. The van der Waals surface area contributed by atoms with Gasteiger partial charge in [-0.2, -0.15) is 4.68 Å². The first-order chi connectivity index (χ1) is 16.6. The number of anilines is 2. The fourth-order valence-electron chi connectivity index (χ4n) is 3.86. The number of carboxylic acid groups (broad SMARTS) is 1. The Morgan fingerprint density at radius 2 is 1.83 bits per heavy atom. The summed E-state index contributed by atoms with van der Waals surface area (Å²) in [5.74, 6) is -1.15. The van der Waals surface area contributed by atoms with Crippen molar-refractivity contribution in [2.24, 2.45) is 0 Å². The lowest BCUT2D eigenvalue weighted by Gasteiger charge is -2.15. The third-order valence-corrected chi connectivity index (χ3v) is 5.41. The molecule has 0 saturated carbocycles. The molecule has 0 atom stereocenters. The number of aromatic nitrogens is 4. The Hall–Kier alpha value is -4.16. The molecule has 10 nitrogen and oxygen atoms in total. The molecule has 0 unspecified atom stereocenters. The van der Waals surface area contributed by atoms with E-state index in [9.17, 15) is 27.6 Å². The number of hydrogen-bond acceptors (Lipinski definition) is 7. The first kappa shape index (κ1) is 24.0. The van der Waals surface area contributed by atoms with Gasteiger partial charge in [0.15, 0.2) is 5.82 Å². The highest BCUT2D eigenvalue weighted by Gasteiger charge is 2.31. The summed E-state index contributed by atoms with van der Waals surface area (Å²) in [7, 11) is 0. The van der Waals surface area contributed by atoms with Crippen LogP contribution in [-0.4, -0.2) is 36.8 Å². The third kappa shape index (κ3) is 5.50. The zero-order valence-corrected chi connectivity index (χ0v) is 18.2. The average Bonchev–Trinajstić information content (AvgIpc) is 3.28. The highest BCUT2D eigenvalue weighted by molar-refractivity contribution is 5.66. The Bertz CT molecular complexity index is 1370. The summed E-state index contributed by atoms with van der Waals surface area (Å²) in [5, 5.41) is 16.1. The summed E-state index contributed by atoms with van der Waals surface area (Å²) in [5.41, 5.74) is 0.631. The van der Waals surface area contributed by atoms with Crippen LogP contribution in [0.4, 0.5) is 24.7 Å². The number of nitrogens with one attached hydrogen (secondary N) is 1. The van der Waals surface area contributed by atoms with Crippen molar-refractivity contribution in [2.45, 2.75) is 45.0 Å². The number of ether oxygens (including phenoxy) is 1. The molecule has 35 heavy (non-hydrogen) atoms. The van der Waals surface area contributed by atoms with Gasteiger partial charge in [-0.15, -0.1) is 18.3 Å². The monoisotopic (exact) mass is 491 g/mol. The van der Waals surface area contributed by atoms with Gasteiger partial charge < -0.3 is 15.2 Å². The lowest BCUT2D eigenvalue weighted by atomic mass is 10.2. The van der Waals surface area contributed by atoms with Gasteiger partial charge in [-0.1, -0.05) is 0 Å². The van der Waals surface area contributed by atoms with E-state index in [0.717, 1.165) is 16.8 Å². The van der Waals surface area contributed by atoms with E-state index in [-0.39, 0.29) is 36.6 Å². The van der Waals surface area contributed by atoms with Gasteiger partial charge >= 0.3 is 12.3 Å². The molecule has 3 aromatic rings. The second-order valence-corrected chi connectivity index (χ2v) is 7.85.